The summed E-state index contributed by atoms with van der Waals surface area (Å²) in [6, 6.07) is 165. The molecule has 0 N–H and O–H groups in total. The number of hydrogen-bond acceptors (Lipinski definition) is 4. The second-order valence-corrected chi connectivity index (χ2v) is 32.4. The van der Waals surface area contributed by atoms with Crippen molar-refractivity contribution in [3.63, 3.8) is 0 Å². The summed E-state index contributed by atoms with van der Waals surface area (Å²) < 4.78 is 0. The molecular formula is C114H72B2N4. The van der Waals surface area contributed by atoms with Crippen LogP contribution in [0.25, 0.3) is 131 Å². The smallest absolute Gasteiger partial charge is 0.252 e. The first-order valence-corrected chi connectivity index (χ1v) is 41.8. The normalized spacial score (nSPS) is 12.9. The average Bonchev–Trinajstić information content (AvgIpc) is 0.676. The summed E-state index contributed by atoms with van der Waals surface area (Å²) >= 11 is 0. The third kappa shape index (κ3) is 10.3. The van der Waals surface area contributed by atoms with Gasteiger partial charge in [-0.05, 0) is 209 Å². The van der Waals surface area contributed by atoms with E-state index in [4.69, 9.17) is 0 Å². The average molecular weight is 1520 g/mol. The molecule has 4 aliphatic rings. The number of rotatable bonds is 10. The molecule has 0 saturated heterocycles. The number of fused-ring (bicyclic) bond motifs is 20. The van der Waals surface area contributed by atoms with Crippen molar-refractivity contribution in [2.45, 2.75) is 0 Å². The van der Waals surface area contributed by atoms with Gasteiger partial charge >= 0.3 is 0 Å². The van der Waals surface area contributed by atoms with Crippen LogP contribution in [0, 0.1) is 0 Å². The van der Waals surface area contributed by atoms with Crippen LogP contribution in [-0.2, 0) is 0 Å². The van der Waals surface area contributed by atoms with Gasteiger partial charge in [0.1, 0.15) is 0 Å². The molecular weight excluding hydrogens is 1450 g/mol. The van der Waals surface area contributed by atoms with Gasteiger partial charge < -0.3 is 19.6 Å². The van der Waals surface area contributed by atoms with Gasteiger partial charge in [0, 0.05) is 79.1 Å². The topological polar surface area (TPSA) is 13.0 Å². The minimum Gasteiger partial charge on any atom is -0.311 e. The first kappa shape index (κ1) is 67.8. The highest BCUT2D eigenvalue weighted by molar-refractivity contribution is 7.03. The van der Waals surface area contributed by atoms with Gasteiger partial charge in [-0.15, -0.1) is 0 Å². The van der Waals surface area contributed by atoms with E-state index < -0.39 is 0 Å². The molecule has 0 amide bonds. The monoisotopic (exact) mass is 1520 g/mol. The summed E-state index contributed by atoms with van der Waals surface area (Å²) in [6.45, 7) is -0.565. The molecule has 0 radical (unpaired) electrons. The van der Waals surface area contributed by atoms with E-state index in [-0.39, 0.29) is 13.4 Å². The Morgan fingerprint density at radius 1 is 0.142 bits per heavy atom. The van der Waals surface area contributed by atoms with Crippen LogP contribution >= 0.6 is 0 Å². The number of anilines is 12. The molecule has 554 valence electrons. The molecule has 25 rings (SSSR count). The van der Waals surface area contributed by atoms with E-state index >= 15 is 0 Å². The van der Waals surface area contributed by atoms with E-state index in [0.717, 1.165) is 135 Å². The molecule has 0 unspecified atom stereocenters. The molecule has 21 aromatic rings. The van der Waals surface area contributed by atoms with Gasteiger partial charge in [-0.2, -0.15) is 0 Å². The van der Waals surface area contributed by atoms with Crippen LogP contribution < -0.4 is 52.4 Å². The maximum atomic E-state index is 2.71. The molecule has 0 atom stereocenters. The van der Waals surface area contributed by atoms with Crippen molar-refractivity contribution in [1.29, 1.82) is 0 Å². The van der Waals surface area contributed by atoms with Gasteiger partial charge in [-0.1, -0.05) is 370 Å². The van der Waals surface area contributed by atoms with E-state index in [9.17, 15) is 0 Å². The van der Waals surface area contributed by atoms with E-state index in [0.29, 0.717) is 0 Å². The summed E-state index contributed by atoms with van der Waals surface area (Å²) in [4.78, 5) is 10.7. The van der Waals surface area contributed by atoms with Gasteiger partial charge in [0.15, 0.2) is 0 Å². The third-order valence-corrected chi connectivity index (χ3v) is 26.1. The highest BCUT2D eigenvalue weighted by atomic mass is 15.2. The number of hydrogen-bond donors (Lipinski definition) is 0. The number of benzene rings is 21. The second kappa shape index (κ2) is 27.1. The molecule has 0 fully saturated rings. The number of para-hydroxylation sites is 4. The zero-order valence-electron chi connectivity index (χ0n) is 65.5. The quantitative estimate of drug-likeness (QED) is 0.0999. The zero-order valence-corrected chi connectivity index (χ0v) is 65.5. The third-order valence-electron chi connectivity index (χ3n) is 26.1. The Hall–Kier alpha value is -15.5. The van der Waals surface area contributed by atoms with Crippen LogP contribution in [-0.4, -0.2) is 13.4 Å². The van der Waals surface area contributed by atoms with Gasteiger partial charge in [0.05, 0.1) is 11.4 Å². The van der Waals surface area contributed by atoms with Crippen molar-refractivity contribution < 1.29 is 0 Å². The van der Waals surface area contributed by atoms with Gasteiger partial charge in [0.25, 0.3) is 13.4 Å². The molecule has 4 heterocycles. The van der Waals surface area contributed by atoms with Crippen LogP contribution in [0.15, 0.2) is 437 Å². The maximum absolute atomic E-state index is 2.71. The molecule has 4 aliphatic heterocycles. The summed E-state index contributed by atoms with van der Waals surface area (Å²) in [5, 5.41) is 14.7. The lowest BCUT2D eigenvalue weighted by molar-refractivity contribution is 1.24. The Kier molecular flexibility index (Phi) is 15.3. The molecule has 0 aromatic heterocycles. The molecule has 0 aliphatic carbocycles. The fourth-order valence-electron chi connectivity index (χ4n) is 21.1. The molecule has 120 heavy (non-hydrogen) atoms. The first-order chi connectivity index (χ1) is 59.6. The minimum absolute atomic E-state index is 0.283. The Morgan fingerprint density at radius 2 is 0.400 bits per heavy atom. The summed E-state index contributed by atoms with van der Waals surface area (Å²) in [5.74, 6) is 0. The predicted octanol–water partition coefficient (Wildman–Crippen LogP) is 26.8. The van der Waals surface area contributed by atoms with Crippen LogP contribution in [0.4, 0.5) is 68.2 Å². The van der Waals surface area contributed by atoms with Gasteiger partial charge in [-0.25, -0.2) is 0 Å². The molecule has 21 aromatic carbocycles. The Morgan fingerprint density at radius 3 is 0.717 bits per heavy atom. The summed E-state index contributed by atoms with van der Waals surface area (Å²) in [5.41, 5.74) is 34.5. The lowest BCUT2D eigenvalue weighted by atomic mass is 9.30. The van der Waals surface area contributed by atoms with Crippen molar-refractivity contribution in [2.24, 2.45) is 0 Å². The highest BCUT2D eigenvalue weighted by Gasteiger charge is 2.50. The fraction of sp³-hybridized carbons (Fsp3) is 0. The fourth-order valence-corrected chi connectivity index (χ4v) is 21.1. The van der Waals surface area contributed by atoms with Gasteiger partial charge in [-0.3, -0.25) is 0 Å². The zero-order chi connectivity index (χ0) is 78.6. The van der Waals surface area contributed by atoms with Crippen LogP contribution in [0.1, 0.15) is 0 Å². The standard InChI is InChI=1S/C114H72B2N4/c1-7-33-73(34-8-1)79-65-107-111-109(67-79)119(113-83(75-37-11-3-12-38-75)53-31-54-84(113)76-39-13-4-14-40-76)103-59-29-27-57-99(103)115(111)101-71-102-106(72-105(101)117(107)81-61-63-95-91-49-21-19-45-87(91)89-47-23-25-51-93(89)97(95)69-81)118(82-62-64-96-92-50-22-20-46-88(92)90-48-24-26-52-94(90)98(96)70-82)108-66-80(74-35-9-2-10-36-74)68-110-112(108)116(102)100-58-28-30-60-104(100)120(110)114-85(77-41-15-5-16-42-77)55-32-56-86(114)78-43-17-6-18-44-78/h1-72H. The Balaban J connectivity index is 0.843. The summed E-state index contributed by atoms with van der Waals surface area (Å²) in [7, 11) is 0. The predicted molar refractivity (Wildman–Crippen MR) is 512 cm³/mol. The SMILES string of the molecule is c1ccc(-c2cc3c4c(c2)N(c2c(-c5ccccc5)cccc2-c2ccccc2)c2ccccc2B4c2cc4c(cc2N3c2ccc3c5ccccc5c5ccccc5c3c2)N(c2ccc3c5ccccc5c5ccccc5c3c2)c2cc(-c3ccccc3)cc3c2B4c2ccccc2N3c2c(-c3ccccc3)cccc2-c2ccccc2)cc1. The largest absolute Gasteiger partial charge is 0.311 e. The van der Waals surface area contributed by atoms with E-state index in [2.05, 4.69) is 456 Å². The summed E-state index contributed by atoms with van der Waals surface area (Å²) in [6.07, 6.45) is 0. The molecule has 4 nitrogen and oxygen atoms in total. The second-order valence-electron chi connectivity index (χ2n) is 32.4. The Bertz CT molecular complexity index is 7170. The molecule has 6 heteroatoms. The van der Waals surface area contributed by atoms with Crippen LogP contribution in [0.3, 0.4) is 0 Å². The van der Waals surface area contributed by atoms with Crippen LogP contribution in [0.5, 0.6) is 0 Å². The minimum atomic E-state index is -0.283. The Labute approximate surface area is 697 Å². The maximum Gasteiger partial charge on any atom is 0.252 e. The van der Waals surface area contributed by atoms with E-state index in [1.54, 1.807) is 0 Å². The van der Waals surface area contributed by atoms with Crippen molar-refractivity contribution in [3.05, 3.63) is 437 Å². The van der Waals surface area contributed by atoms with Crippen molar-refractivity contribution in [1.82, 2.24) is 0 Å². The van der Waals surface area contributed by atoms with Crippen molar-refractivity contribution in [3.8, 4) is 66.8 Å². The molecule has 0 spiro atoms. The van der Waals surface area contributed by atoms with Crippen molar-refractivity contribution in [2.75, 3.05) is 19.6 Å². The highest BCUT2D eigenvalue weighted by Crippen LogP contribution is 2.56. The van der Waals surface area contributed by atoms with E-state index in [1.807, 2.05) is 0 Å². The first-order valence-electron chi connectivity index (χ1n) is 41.8. The molecule has 0 saturated carbocycles. The van der Waals surface area contributed by atoms with E-state index in [1.165, 1.54) is 97.4 Å². The number of nitrogens with zero attached hydrogens (tertiary/aromatic N) is 4. The molecule has 0 bridgehead atoms. The lowest BCUT2D eigenvalue weighted by Gasteiger charge is -2.48. The van der Waals surface area contributed by atoms with Gasteiger partial charge in [0.2, 0.25) is 0 Å². The van der Waals surface area contributed by atoms with Crippen molar-refractivity contribution >= 4 is 179 Å². The lowest BCUT2D eigenvalue weighted by Crippen LogP contribution is -2.65. The van der Waals surface area contributed by atoms with Crippen LogP contribution in [0.2, 0.25) is 0 Å².